The van der Waals surface area contributed by atoms with Crippen LogP contribution in [0.1, 0.15) is 18.9 Å². The van der Waals surface area contributed by atoms with Gasteiger partial charge in [0.25, 0.3) is 0 Å². The average Bonchev–Trinajstić information content (AvgIpc) is 2.89. The molecule has 0 saturated carbocycles. The molecule has 0 aliphatic carbocycles. The molecule has 2 aromatic carbocycles. The highest BCUT2D eigenvalue weighted by Crippen LogP contribution is 2.34. The summed E-state index contributed by atoms with van der Waals surface area (Å²) in [6, 6.07) is 12.1. The van der Waals surface area contributed by atoms with Gasteiger partial charge in [-0.25, -0.2) is 18.8 Å². The molecule has 0 bridgehead atoms. The summed E-state index contributed by atoms with van der Waals surface area (Å²) in [4.78, 5) is 14.0. The zero-order valence-electron chi connectivity index (χ0n) is 15.3. The van der Waals surface area contributed by atoms with Crippen molar-refractivity contribution in [1.82, 2.24) is 9.80 Å². The zero-order valence-corrected chi connectivity index (χ0v) is 15.3. The number of amidine groups is 1. The van der Waals surface area contributed by atoms with E-state index in [-0.39, 0.29) is 0 Å². The van der Waals surface area contributed by atoms with E-state index < -0.39 is 11.6 Å². The van der Waals surface area contributed by atoms with Crippen LogP contribution in [0.3, 0.4) is 0 Å². The van der Waals surface area contributed by atoms with Gasteiger partial charge in [-0.15, -0.1) is 0 Å². The van der Waals surface area contributed by atoms with Crippen LogP contribution in [0.25, 0.3) is 0 Å². The van der Waals surface area contributed by atoms with Crippen LogP contribution in [0.4, 0.5) is 20.2 Å². The monoisotopic (exact) mass is 368 g/mol. The lowest BCUT2D eigenvalue weighted by Crippen LogP contribution is -2.48. The van der Waals surface area contributed by atoms with Crippen LogP contribution < -0.4 is 0 Å². The predicted molar refractivity (Wildman–Crippen MR) is 104 cm³/mol. The Labute approximate surface area is 157 Å². The van der Waals surface area contributed by atoms with Crippen LogP contribution in [0, 0.1) is 11.6 Å². The molecule has 2 aromatic rings. The largest absolute Gasteiger partial charge is 0.357 e. The number of rotatable bonds is 2. The third-order valence-corrected chi connectivity index (χ3v) is 5.14. The fourth-order valence-electron chi connectivity index (χ4n) is 3.52. The molecule has 0 aromatic heterocycles. The summed E-state index contributed by atoms with van der Waals surface area (Å²) < 4.78 is 27.6. The molecule has 4 nitrogen and oxygen atoms in total. The van der Waals surface area contributed by atoms with Gasteiger partial charge >= 0.3 is 0 Å². The van der Waals surface area contributed by atoms with E-state index in [0.717, 1.165) is 62.0 Å². The van der Waals surface area contributed by atoms with Gasteiger partial charge in [-0.3, -0.25) is 0 Å². The first kappa shape index (κ1) is 17.8. The van der Waals surface area contributed by atoms with E-state index in [1.54, 1.807) is 0 Å². The van der Waals surface area contributed by atoms with Crippen molar-refractivity contribution in [3.05, 3.63) is 59.7 Å². The summed E-state index contributed by atoms with van der Waals surface area (Å²) in [6.45, 7) is 6.87. The van der Waals surface area contributed by atoms with Gasteiger partial charge in [0.05, 0.1) is 17.1 Å². The molecule has 4 rings (SSSR count). The third-order valence-electron chi connectivity index (χ3n) is 5.14. The molecule has 2 aliphatic heterocycles. The Kier molecular flexibility index (Phi) is 4.99. The highest BCUT2D eigenvalue weighted by atomic mass is 19.2. The van der Waals surface area contributed by atoms with Gasteiger partial charge in [0.1, 0.15) is 5.84 Å². The first-order chi connectivity index (χ1) is 13.1. The van der Waals surface area contributed by atoms with Crippen LogP contribution in [0.2, 0.25) is 0 Å². The molecule has 0 spiro atoms. The number of nitrogens with zero attached hydrogens (tertiary/aromatic N) is 4. The molecule has 6 heteroatoms. The lowest BCUT2D eigenvalue weighted by atomic mass is 10.1. The van der Waals surface area contributed by atoms with E-state index in [4.69, 9.17) is 4.99 Å². The highest BCUT2D eigenvalue weighted by molar-refractivity contribution is 6.14. The Morgan fingerprint density at radius 2 is 1.52 bits per heavy atom. The third kappa shape index (κ3) is 3.76. The van der Waals surface area contributed by atoms with Gasteiger partial charge in [-0.05, 0) is 12.1 Å². The number of fused-ring (bicyclic) bond motifs is 1. The maximum Gasteiger partial charge on any atom is 0.161 e. The number of halogens is 2. The van der Waals surface area contributed by atoms with E-state index in [9.17, 15) is 8.78 Å². The normalized spacial score (nSPS) is 17.8. The SMILES string of the molecule is CCN1CCN(C2=Nc3cc(F)c(F)cc3N=C(c3ccccc3)C2)CC1. The minimum absolute atomic E-state index is 0.370. The molecule has 1 saturated heterocycles. The smallest absolute Gasteiger partial charge is 0.161 e. The highest BCUT2D eigenvalue weighted by Gasteiger charge is 2.24. The second-order valence-electron chi connectivity index (χ2n) is 6.81. The van der Waals surface area contributed by atoms with Crippen LogP contribution in [0.5, 0.6) is 0 Å². The number of benzene rings is 2. The van der Waals surface area contributed by atoms with E-state index >= 15 is 0 Å². The molecule has 2 aliphatic rings. The molecular weight excluding hydrogens is 346 g/mol. The van der Waals surface area contributed by atoms with Gasteiger partial charge < -0.3 is 9.80 Å². The number of hydrogen-bond acceptors (Lipinski definition) is 4. The molecule has 0 amide bonds. The summed E-state index contributed by atoms with van der Waals surface area (Å²) in [7, 11) is 0. The minimum Gasteiger partial charge on any atom is -0.357 e. The minimum atomic E-state index is -0.903. The lowest BCUT2D eigenvalue weighted by molar-refractivity contribution is 0.189. The second-order valence-corrected chi connectivity index (χ2v) is 6.81. The van der Waals surface area contributed by atoms with Crippen molar-refractivity contribution in [3.63, 3.8) is 0 Å². The fourth-order valence-corrected chi connectivity index (χ4v) is 3.52. The quantitative estimate of drug-likeness (QED) is 0.797. The first-order valence-electron chi connectivity index (χ1n) is 9.31. The van der Waals surface area contributed by atoms with Crippen LogP contribution in [0.15, 0.2) is 52.4 Å². The van der Waals surface area contributed by atoms with E-state index in [2.05, 4.69) is 21.7 Å². The summed E-state index contributed by atoms with van der Waals surface area (Å²) in [5.74, 6) is -0.941. The fraction of sp³-hybridized carbons (Fsp3) is 0.333. The molecule has 0 N–H and O–H groups in total. The average molecular weight is 368 g/mol. The Morgan fingerprint density at radius 1 is 0.889 bits per heavy atom. The molecule has 0 atom stereocenters. The van der Waals surface area contributed by atoms with Crippen molar-refractivity contribution in [1.29, 1.82) is 0 Å². The molecular formula is C21H22F2N4. The van der Waals surface area contributed by atoms with Gasteiger partial charge in [-0.2, -0.15) is 0 Å². The van der Waals surface area contributed by atoms with Crippen molar-refractivity contribution in [3.8, 4) is 0 Å². The summed E-state index contributed by atoms with van der Waals surface area (Å²) in [6.07, 6.45) is 0.536. The van der Waals surface area contributed by atoms with Gasteiger partial charge in [0.15, 0.2) is 11.6 Å². The summed E-state index contributed by atoms with van der Waals surface area (Å²) in [5.41, 5.74) is 2.54. The Hall–Kier alpha value is -2.60. The standard InChI is InChI=1S/C21H22F2N4/c1-2-26-8-10-27(11-9-26)21-14-18(15-6-4-3-5-7-15)24-19-12-16(22)17(23)13-20(19)25-21/h3-7,12-13H,2,8-11,14H2,1H3. The Bertz CT molecular complexity index is 885. The second kappa shape index (κ2) is 7.56. The molecule has 0 radical (unpaired) electrons. The van der Waals surface area contributed by atoms with Crippen LogP contribution >= 0.6 is 0 Å². The van der Waals surface area contributed by atoms with E-state index in [0.29, 0.717) is 17.8 Å². The maximum absolute atomic E-state index is 13.8. The number of likely N-dealkylation sites (N-methyl/N-ethyl adjacent to an activating group) is 1. The van der Waals surface area contributed by atoms with E-state index in [1.807, 2.05) is 30.3 Å². The molecule has 27 heavy (non-hydrogen) atoms. The lowest BCUT2D eigenvalue weighted by Gasteiger charge is -2.36. The zero-order chi connectivity index (χ0) is 18.8. The van der Waals surface area contributed by atoms with E-state index in [1.165, 1.54) is 0 Å². The van der Waals surface area contributed by atoms with Crippen molar-refractivity contribution in [2.75, 3.05) is 32.7 Å². The molecule has 140 valence electrons. The van der Waals surface area contributed by atoms with Crippen LogP contribution in [-0.2, 0) is 0 Å². The Balaban J connectivity index is 1.74. The number of aliphatic imine (C=N–C) groups is 2. The predicted octanol–water partition coefficient (Wildman–Crippen LogP) is 4.16. The maximum atomic E-state index is 13.8. The van der Waals surface area contributed by atoms with Gasteiger partial charge in [-0.1, -0.05) is 37.3 Å². The first-order valence-corrected chi connectivity index (χ1v) is 9.31. The molecule has 1 fully saturated rings. The topological polar surface area (TPSA) is 31.2 Å². The van der Waals surface area contributed by atoms with Crippen molar-refractivity contribution >= 4 is 22.9 Å². The van der Waals surface area contributed by atoms with Crippen molar-refractivity contribution in [2.24, 2.45) is 9.98 Å². The van der Waals surface area contributed by atoms with Gasteiger partial charge in [0.2, 0.25) is 0 Å². The van der Waals surface area contributed by atoms with Crippen molar-refractivity contribution < 1.29 is 8.78 Å². The summed E-state index contributed by atoms with van der Waals surface area (Å²) in [5, 5.41) is 0. The molecule has 2 heterocycles. The number of hydrogen-bond donors (Lipinski definition) is 0. The van der Waals surface area contributed by atoms with Crippen molar-refractivity contribution in [2.45, 2.75) is 13.3 Å². The molecule has 0 unspecified atom stereocenters. The summed E-state index contributed by atoms with van der Waals surface area (Å²) >= 11 is 0. The van der Waals surface area contributed by atoms with Crippen LogP contribution in [-0.4, -0.2) is 54.1 Å². The Morgan fingerprint density at radius 3 is 2.15 bits per heavy atom. The number of piperazine rings is 1. The van der Waals surface area contributed by atoms with Gasteiger partial charge in [0, 0.05) is 44.7 Å².